The Balaban J connectivity index is 1.50. The summed E-state index contributed by atoms with van der Waals surface area (Å²) in [4.78, 5) is 15.1. The summed E-state index contributed by atoms with van der Waals surface area (Å²) < 4.78 is 38.4. The molecule has 168 valence electrons. The Morgan fingerprint density at radius 2 is 1.84 bits per heavy atom. The van der Waals surface area contributed by atoms with Crippen LogP contribution < -0.4 is 14.2 Å². The maximum atomic E-state index is 13.2. The molecule has 2 aromatic rings. The van der Waals surface area contributed by atoms with Crippen LogP contribution in [-0.4, -0.2) is 45.5 Å². The van der Waals surface area contributed by atoms with Gasteiger partial charge in [0.15, 0.2) is 11.5 Å². The van der Waals surface area contributed by atoms with E-state index in [0.29, 0.717) is 31.1 Å². The fraction of sp³-hybridized carbons (Fsp3) is 0.391. The van der Waals surface area contributed by atoms with Gasteiger partial charge in [0.05, 0.1) is 30.2 Å². The van der Waals surface area contributed by atoms with Crippen LogP contribution in [0.2, 0.25) is 0 Å². The van der Waals surface area contributed by atoms with Crippen LogP contribution in [0.25, 0.3) is 0 Å². The molecule has 0 aliphatic carbocycles. The number of nitriles is 1. The van der Waals surface area contributed by atoms with Gasteiger partial charge in [-0.25, -0.2) is 13.1 Å². The minimum atomic E-state index is -3.71. The summed E-state index contributed by atoms with van der Waals surface area (Å²) in [5.74, 6) is 1.29. The number of ether oxygens (including phenoxy) is 2. The zero-order valence-electron chi connectivity index (χ0n) is 17.6. The third-order valence-electron chi connectivity index (χ3n) is 5.61. The van der Waals surface area contributed by atoms with E-state index in [4.69, 9.17) is 14.7 Å². The van der Waals surface area contributed by atoms with Crippen LogP contribution in [0.5, 0.6) is 11.5 Å². The van der Waals surface area contributed by atoms with Gasteiger partial charge in [0.25, 0.3) is 5.91 Å². The second kappa shape index (κ2) is 9.59. The topological polar surface area (TPSA) is 109 Å². The summed E-state index contributed by atoms with van der Waals surface area (Å²) in [7, 11) is -3.71. The number of nitrogens with one attached hydrogen (secondary N) is 1. The van der Waals surface area contributed by atoms with Gasteiger partial charge in [-0.05, 0) is 54.8 Å². The Kier molecular flexibility index (Phi) is 6.63. The van der Waals surface area contributed by atoms with Gasteiger partial charge in [-0.1, -0.05) is 6.07 Å². The lowest BCUT2D eigenvalue weighted by Crippen LogP contribution is -2.30. The molecule has 2 aromatic carbocycles. The van der Waals surface area contributed by atoms with Crippen molar-refractivity contribution < 1.29 is 22.7 Å². The number of likely N-dealkylation sites (tertiary alicyclic amines) is 1. The number of amides is 1. The molecule has 0 aromatic heterocycles. The molecule has 0 spiro atoms. The van der Waals surface area contributed by atoms with Gasteiger partial charge >= 0.3 is 0 Å². The van der Waals surface area contributed by atoms with Crippen molar-refractivity contribution in [3.63, 3.8) is 0 Å². The Hall–Kier alpha value is -3.09. The molecule has 1 saturated heterocycles. The first-order valence-electron chi connectivity index (χ1n) is 10.7. The molecule has 2 aliphatic heterocycles. The predicted molar refractivity (Wildman–Crippen MR) is 117 cm³/mol. The SMILES string of the molecule is N#CCCNS(=O)(=O)c1ccc(C(=O)N2CCCC2c2ccc3c(c2)OCCCO3)cc1. The molecule has 4 rings (SSSR count). The van der Waals surface area contributed by atoms with Crippen LogP contribution in [-0.2, 0) is 10.0 Å². The molecule has 1 N–H and O–H groups in total. The molecular formula is C23H25N3O5S. The first-order valence-corrected chi connectivity index (χ1v) is 12.1. The number of rotatable bonds is 6. The summed E-state index contributed by atoms with van der Waals surface area (Å²) in [5, 5.41) is 8.57. The van der Waals surface area contributed by atoms with Gasteiger partial charge in [-0.15, -0.1) is 0 Å². The van der Waals surface area contributed by atoms with Crippen molar-refractivity contribution in [1.82, 2.24) is 9.62 Å². The van der Waals surface area contributed by atoms with Gasteiger partial charge in [-0.3, -0.25) is 4.79 Å². The third kappa shape index (κ3) is 4.71. The van der Waals surface area contributed by atoms with Crippen molar-refractivity contribution in [2.24, 2.45) is 0 Å². The molecule has 1 atom stereocenters. The molecule has 1 amide bonds. The van der Waals surface area contributed by atoms with Gasteiger partial charge in [0.1, 0.15) is 0 Å². The van der Waals surface area contributed by atoms with E-state index in [9.17, 15) is 13.2 Å². The fourth-order valence-corrected chi connectivity index (χ4v) is 5.04. The third-order valence-corrected chi connectivity index (χ3v) is 7.09. The van der Waals surface area contributed by atoms with Crippen molar-refractivity contribution in [3.05, 3.63) is 53.6 Å². The summed E-state index contributed by atoms with van der Waals surface area (Å²) >= 11 is 0. The number of hydrogen-bond acceptors (Lipinski definition) is 6. The number of carbonyl (C=O) groups is 1. The smallest absolute Gasteiger partial charge is 0.254 e. The van der Waals surface area contributed by atoms with Gasteiger partial charge in [0, 0.05) is 31.5 Å². The van der Waals surface area contributed by atoms with Crippen molar-refractivity contribution in [3.8, 4) is 17.6 Å². The second-order valence-electron chi connectivity index (χ2n) is 7.74. The van der Waals surface area contributed by atoms with Crippen LogP contribution in [0.4, 0.5) is 0 Å². The van der Waals surface area contributed by atoms with Crippen LogP contribution in [0.1, 0.15) is 47.6 Å². The quantitative estimate of drug-likeness (QED) is 0.671. The number of benzene rings is 2. The highest BCUT2D eigenvalue weighted by atomic mass is 32.2. The molecule has 1 fully saturated rings. The number of hydrogen-bond donors (Lipinski definition) is 1. The van der Waals surface area contributed by atoms with E-state index < -0.39 is 10.0 Å². The molecule has 2 heterocycles. The van der Waals surface area contributed by atoms with E-state index in [1.807, 2.05) is 29.2 Å². The molecular weight excluding hydrogens is 430 g/mol. The molecule has 8 nitrogen and oxygen atoms in total. The maximum Gasteiger partial charge on any atom is 0.254 e. The van der Waals surface area contributed by atoms with Gasteiger partial charge < -0.3 is 14.4 Å². The number of sulfonamides is 1. The molecule has 2 aliphatic rings. The highest BCUT2D eigenvalue weighted by Gasteiger charge is 2.31. The zero-order chi connectivity index (χ0) is 22.6. The summed E-state index contributed by atoms with van der Waals surface area (Å²) in [6.45, 7) is 1.91. The van der Waals surface area contributed by atoms with E-state index in [2.05, 4.69) is 4.72 Å². The zero-order valence-corrected chi connectivity index (χ0v) is 18.4. The standard InChI is InChI=1S/C23H25N3O5S/c24-11-2-12-25-32(28,29)19-8-5-17(6-9-19)23(27)26-13-1-4-20(26)18-7-10-21-22(16-18)31-15-3-14-30-21/h5-10,16,20,25H,1-4,12-15H2. The highest BCUT2D eigenvalue weighted by Crippen LogP contribution is 2.38. The summed E-state index contributed by atoms with van der Waals surface area (Å²) in [6, 6.07) is 13.6. The van der Waals surface area contributed by atoms with Gasteiger partial charge in [0.2, 0.25) is 10.0 Å². The van der Waals surface area contributed by atoms with Crippen molar-refractivity contribution in [1.29, 1.82) is 5.26 Å². The molecule has 0 saturated carbocycles. The molecule has 0 radical (unpaired) electrons. The van der Waals surface area contributed by atoms with Crippen LogP contribution in [0.15, 0.2) is 47.4 Å². The van der Waals surface area contributed by atoms with Crippen molar-refractivity contribution in [2.45, 2.75) is 36.6 Å². The van der Waals surface area contributed by atoms with Gasteiger partial charge in [-0.2, -0.15) is 5.26 Å². The Morgan fingerprint density at radius 1 is 1.09 bits per heavy atom. The first-order chi connectivity index (χ1) is 15.5. The largest absolute Gasteiger partial charge is 0.490 e. The predicted octanol–water partition coefficient (Wildman–Crippen LogP) is 3.02. The number of fused-ring (bicyclic) bond motifs is 1. The minimum absolute atomic E-state index is 0.0461. The Bertz CT molecular complexity index is 1130. The van der Waals surface area contributed by atoms with Crippen LogP contribution in [0.3, 0.4) is 0 Å². The first kappa shape index (κ1) is 22.1. The van der Waals surface area contributed by atoms with E-state index in [0.717, 1.165) is 30.6 Å². The fourth-order valence-electron chi connectivity index (χ4n) is 4.01. The lowest BCUT2D eigenvalue weighted by Gasteiger charge is -2.26. The van der Waals surface area contributed by atoms with E-state index in [-0.39, 0.29) is 29.8 Å². The van der Waals surface area contributed by atoms with E-state index in [1.165, 1.54) is 24.3 Å². The van der Waals surface area contributed by atoms with E-state index in [1.54, 1.807) is 0 Å². The Labute approximate surface area is 187 Å². The number of carbonyl (C=O) groups excluding carboxylic acids is 1. The second-order valence-corrected chi connectivity index (χ2v) is 9.51. The molecule has 32 heavy (non-hydrogen) atoms. The molecule has 9 heteroatoms. The highest BCUT2D eigenvalue weighted by molar-refractivity contribution is 7.89. The van der Waals surface area contributed by atoms with E-state index >= 15 is 0 Å². The van der Waals surface area contributed by atoms with Crippen molar-refractivity contribution in [2.75, 3.05) is 26.3 Å². The van der Waals surface area contributed by atoms with Crippen LogP contribution in [0, 0.1) is 11.3 Å². The number of nitrogens with zero attached hydrogens (tertiary/aromatic N) is 2. The monoisotopic (exact) mass is 455 g/mol. The maximum absolute atomic E-state index is 13.2. The lowest BCUT2D eigenvalue weighted by atomic mass is 10.0. The molecule has 0 bridgehead atoms. The van der Waals surface area contributed by atoms with Crippen molar-refractivity contribution >= 4 is 15.9 Å². The normalized spacial score (nSPS) is 18.1. The molecule has 1 unspecified atom stereocenters. The average Bonchev–Trinajstić information content (AvgIpc) is 3.17. The minimum Gasteiger partial charge on any atom is -0.490 e. The van der Waals surface area contributed by atoms with Crippen LogP contribution >= 0.6 is 0 Å². The Morgan fingerprint density at radius 3 is 2.59 bits per heavy atom. The summed E-state index contributed by atoms with van der Waals surface area (Å²) in [5.41, 5.74) is 1.43. The average molecular weight is 456 g/mol. The summed E-state index contributed by atoms with van der Waals surface area (Å²) in [6.07, 6.45) is 2.66. The lowest BCUT2D eigenvalue weighted by molar-refractivity contribution is 0.0735.